The standard InChI is InChI=1S/C10H16O4S.C4H7NO4/c1-9(2)7-3-4-10(9,8(11)5-7)6-15(12,13)14;5-2(4(8)9)1-3(6)7/h7H,3-6H2,1-2H3,(H,12,13,14);2H,1,5H2,(H,6,7)(H,8,9). The van der Waals surface area contributed by atoms with E-state index in [0.717, 1.165) is 6.42 Å². The van der Waals surface area contributed by atoms with Gasteiger partial charge in [-0.25, -0.2) is 0 Å². The molecule has 138 valence electrons. The molecule has 5 N–H and O–H groups in total. The molecule has 0 heterocycles. The van der Waals surface area contributed by atoms with E-state index in [4.69, 9.17) is 20.5 Å². The summed E-state index contributed by atoms with van der Waals surface area (Å²) in [5.41, 5.74) is 3.72. The second-order valence-electron chi connectivity index (χ2n) is 6.94. The predicted octanol–water partition coefficient (Wildman–Crippen LogP) is 0.143. The van der Waals surface area contributed by atoms with Gasteiger partial charge in [0.05, 0.1) is 17.6 Å². The van der Waals surface area contributed by atoms with Gasteiger partial charge in [-0.3, -0.25) is 18.9 Å². The summed E-state index contributed by atoms with van der Waals surface area (Å²) in [5, 5.41) is 16.0. The molecule has 9 nitrogen and oxygen atoms in total. The van der Waals surface area contributed by atoms with E-state index in [1.165, 1.54) is 0 Å². The van der Waals surface area contributed by atoms with E-state index in [9.17, 15) is 22.8 Å². The van der Waals surface area contributed by atoms with Crippen LogP contribution in [0.2, 0.25) is 0 Å². The molecule has 24 heavy (non-hydrogen) atoms. The molecule has 0 aromatic heterocycles. The SMILES string of the molecule is CC1(C)C2CCC1(CS(=O)(=O)O)C(=O)C2.NC(CC(=O)O)C(=O)O. The molecule has 0 saturated heterocycles. The van der Waals surface area contributed by atoms with Gasteiger partial charge in [-0.05, 0) is 24.2 Å². The van der Waals surface area contributed by atoms with Gasteiger partial charge in [0.25, 0.3) is 10.1 Å². The fourth-order valence-electron chi connectivity index (χ4n) is 3.69. The van der Waals surface area contributed by atoms with E-state index >= 15 is 0 Å². The van der Waals surface area contributed by atoms with E-state index in [2.05, 4.69) is 0 Å². The van der Waals surface area contributed by atoms with Crippen molar-refractivity contribution in [2.24, 2.45) is 22.5 Å². The fourth-order valence-corrected chi connectivity index (χ4v) is 5.00. The molecule has 0 aromatic carbocycles. The summed E-state index contributed by atoms with van der Waals surface area (Å²) in [6.07, 6.45) is 1.44. The molecule has 0 aliphatic heterocycles. The minimum absolute atomic E-state index is 0.0152. The third-order valence-electron chi connectivity index (χ3n) is 5.28. The van der Waals surface area contributed by atoms with Crippen LogP contribution in [0.5, 0.6) is 0 Å². The molecular weight excluding hydrogens is 342 g/mol. The van der Waals surface area contributed by atoms with Crippen LogP contribution < -0.4 is 5.73 Å². The van der Waals surface area contributed by atoms with Gasteiger partial charge in [-0.1, -0.05) is 13.8 Å². The molecule has 2 fully saturated rings. The number of nitrogens with two attached hydrogens (primary N) is 1. The lowest BCUT2D eigenvalue weighted by atomic mass is 9.70. The highest BCUT2D eigenvalue weighted by atomic mass is 32.2. The summed E-state index contributed by atoms with van der Waals surface area (Å²) in [6, 6.07) is -1.29. The largest absolute Gasteiger partial charge is 0.481 e. The zero-order chi connectivity index (χ0) is 18.9. The lowest BCUT2D eigenvalue weighted by Gasteiger charge is -2.35. The lowest BCUT2D eigenvalue weighted by Crippen LogP contribution is -2.42. The summed E-state index contributed by atoms with van der Waals surface area (Å²) >= 11 is 0. The van der Waals surface area contributed by atoms with Gasteiger partial charge in [0, 0.05) is 6.42 Å². The van der Waals surface area contributed by atoms with Gasteiger partial charge in [-0.15, -0.1) is 0 Å². The Labute approximate surface area is 140 Å². The van der Waals surface area contributed by atoms with Crippen molar-refractivity contribution in [1.82, 2.24) is 0 Å². The number of Topliss-reactive ketones (excluding diaryl/α,β-unsaturated/α-hetero) is 1. The maximum absolute atomic E-state index is 11.9. The molecule has 2 saturated carbocycles. The molecule has 3 unspecified atom stereocenters. The second kappa shape index (κ2) is 6.77. The first-order chi connectivity index (χ1) is 10.7. The number of ketones is 1. The summed E-state index contributed by atoms with van der Waals surface area (Å²) in [5.74, 6) is -2.60. The van der Waals surface area contributed by atoms with Crippen LogP contribution in [0.4, 0.5) is 0 Å². The predicted molar refractivity (Wildman–Crippen MR) is 82.8 cm³/mol. The van der Waals surface area contributed by atoms with Crippen molar-refractivity contribution >= 4 is 27.8 Å². The van der Waals surface area contributed by atoms with Crippen LogP contribution in [-0.2, 0) is 24.5 Å². The van der Waals surface area contributed by atoms with Gasteiger partial charge < -0.3 is 15.9 Å². The molecule has 2 rings (SSSR count). The van der Waals surface area contributed by atoms with E-state index < -0.39 is 45.7 Å². The van der Waals surface area contributed by atoms with E-state index in [-0.39, 0.29) is 17.1 Å². The quantitative estimate of drug-likeness (QED) is 0.494. The van der Waals surface area contributed by atoms with Crippen molar-refractivity contribution in [2.45, 2.75) is 45.6 Å². The number of carboxylic acids is 2. The van der Waals surface area contributed by atoms with Crippen LogP contribution in [0.25, 0.3) is 0 Å². The molecule has 0 spiro atoms. The number of carboxylic acid groups (broad SMARTS) is 2. The Hall–Kier alpha value is -1.52. The highest BCUT2D eigenvalue weighted by Gasteiger charge is 2.65. The number of hydrogen-bond acceptors (Lipinski definition) is 6. The number of fused-ring (bicyclic) bond motifs is 2. The van der Waals surface area contributed by atoms with Crippen LogP contribution in [0, 0.1) is 16.7 Å². The van der Waals surface area contributed by atoms with Crippen molar-refractivity contribution in [2.75, 3.05) is 5.75 Å². The highest BCUT2D eigenvalue weighted by molar-refractivity contribution is 7.85. The number of rotatable bonds is 5. The number of carbonyl (C=O) groups is 3. The molecule has 2 bridgehead atoms. The fraction of sp³-hybridized carbons (Fsp3) is 0.786. The molecule has 10 heteroatoms. The summed E-state index contributed by atoms with van der Waals surface area (Å²) in [4.78, 5) is 31.5. The highest BCUT2D eigenvalue weighted by Crippen LogP contribution is 2.64. The maximum Gasteiger partial charge on any atom is 0.321 e. The normalized spacial score (nSPS) is 28.8. The van der Waals surface area contributed by atoms with Gasteiger partial charge in [-0.2, -0.15) is 8.42 Å². The van der Waals surface area contributed by atoms with E-state index in [0.29, 0.717) is 12.8 Å². The van der Waals surface area contributed by atoms with Crippen LogP contribution in [0.3, 0.4) is 0 Å². The molecular formula is C14H23NO8S. The average Bonchev–Trinajstić information content (AvgIpc) is 2.70. The second-order valence-corrected chi connectivity index (χ2v) is 8.39. The van der Waals surface area contributed by atoms with E-state index in [1.807, 2.05) is 13.8 Å². The van der Waals surface area contributed by atoms with Crippen LogP contribution in [0.15, 0.2) is 0 Å². The van der Waals surface area contributed by atoms with Crippen molar-refractivity contribution in [3.63, 3.8) is 0 Å². The minimum atomic E-state index is -4.08. The molecule has 0 amide bonds. The van der Waals surface area contributed by atoms with Gasteiger partial charge >= 0.3 is 11.9 Å². The van der Waals surface area contributed by atoms with Crippen molar-refractivity contribution < 1.29 is 37.6 Å². The molecule has 2 aliphatic carbocycles. The Morgan fingerprint density at radius 1 is 1.33 bits per heavy atom. The summed E-state index contributed by atoms with van der Waals surface area (Å²) in [6.45, 7) is 3.89. The van der Waals surface area contributed by atoms with Crippen LogP contribution in [-0.4, -0.2) is 52.7 Å². The smallest absolute Gasteiger partial charge is 0.321 e. The maximum atomic E-state index is 11.9. The lowest BCUT2D eigenvalue weighted by molar-refractivity contribution is -0.144. The Morgan fingerprint density at radius 2 is 1.88 bits per heavy atom. The number of hydrogen-bond donors (Lipinski definition) is 4. The average molecular weight is 365 g/mol. The van der Waals surface area contributed by atoms with Gasteiger partial charge in [0.1, 0.15) is 11.8 Å². The monoisotopic (exact) mass is 365 g/mol. The van der Waals surface area contributed by atoms with Crippen LogP contribution >= 0.6 is 0 Å². The Morgan fingerprint density at radius 3 is 2.12 bits per heavy atom. The summed E-state index contributed by atoms with van der Waals surface area (Å²) < 4.78 is 31.0. The first kappa shape index (κ1) is 20.5. The topological polar surface area (TPSA) is 172 Å². The van der Waals surface area contributed by atoms with Crippen LogP contribution in [0.1, 0.15) is 39.5 Å². The van der Waals surface area contributed by atoms with Gasteiger partial charge in [0.15, 0.2) is 0 Å². The first-order valence-electron chi connectivity index (χ1n) is 7.41. The number of aliphatic carboxylic acids is 2. The summed E-state index contributed by atoms with van der Waals surface area (Å²) in [7, 11) is -4.08. The number of carbonyl (C=O) groups excluding carboxylic acids is 1. The third kappa shape index (κ3) is 4.11. The Bertz CT molecular complexity index is 641. The minimum Gasteiger partial charge on any atom is -0.481 e. The van der Waals surface area contributed by atoms with E-state index in [1.54, 1.807) is 0 Å². The zero-order valence-electron chi connectivity index (χ0n) is 13.6. The third-order valence-corrected chi connectivity index (χ3v) is 6.14. The Kier molecular flexibility index (Phi) is 5.79. The molecule has 3 atom stereocenters. The Balaban J connectivity index is 0.000000277. The van der Waals surface area contributed by atoms with Crippen molar-refractivity contribution in [3.8, 4) is 0 Å². The molecule has 0 radical (unpaired) electrons. The van der Waals surface area contributed by atoms with Crippen molar-refractivity contribution in [1.29, 1.82) is 0 Å². The van der Waals surface area contributed by atoms with Crippen molar-refractivity contribution in [3.05, 3.63) is 0 Å². The molecule has 0 aromatic rings. The van der Waals surface area contributed by atoms with Gasteiger partial charge in [0.2, 0.25) is 0 Å². The first-order valence-corrected chi connectivity index (χ1v) is 9.02. The molecule has 2 aliphatic rings. The zero-order valence-corrected chi connectivity index (χ0v) is 14.4.